The number of benzene rings is 1. The molecule has 3 nitrogen and oxygen atoms in total. The van der Waals surface area contributed by atoms with Gasteiger partial charge in [0.1, 0.15) is 5.75 Å². The van der Waals surface area contributed by atoms with Gasteiger partial charge in [0.15, 0.2) is 0 Å². The molecule has 0 aliphatic rings. The van der Waals surface area contributed by atoms with E-state index >= 15 is 0 Å². The predicted molar refractivity (Wildman–Crippen MR) is 87.7 cm³/mol. The first-order valence-corrected chi connectivity index (χ1v) is 7.64. The maximum Gasteiger partial charge on any atom is 0.144 e. The maximum atomic E-state index is 6.15. The minimum absolute atomic E-state index is 0.121. The lowest BCUT2D eigenvalue weighted by Crippen LogP contribution is -2.09. The zero-order chi connectivity index (χ0) is 14.7. The molecule has 0 saturated heterocycles. The highest BCUT2D eigenvalue weighted by Crippen LogP contribution is 2.31. The molecule has 0 bridgehead atoms. The third-order valence-corrected chi connectivity index (χ3v) is 4.25. The van der Waals surface area contributed by atoms with Crippen molar-refractivity contribution in [1.82, 2.24) is 0 Å². The summed E-state index contributed by atoms with van der Waals surface area (Å²) in [5.41, 5.74) is 9.09. The number of nitrogens with one attached hydrogen (secondary N) is 1. The smallest absolute Gasteiger partial charge is 0.144 e. The Balaban J connectivity index is 2.09. The Morgan fingerprint density at radius 3 is 2.65 bits per heavy atom. The van der Waals surface area contributed by atoms with Crippen LogP contribution >= 0.6 is 11.3 Å². The van der Waals surface area contributed by atoms with E-state index in [4.69, 9.17) is 10.5 Å². The molecule has 2 rings (SSSR count). The Kier molecular flexibility index (Phi) is 4.55. The summed E-state index contributed by atoms with van der Waals surface area (Å²) in [6.07, 6.45) is 0.121. The third kappa shape index (κ3) is 3.45. The van der Waals surface area contributed by atoms with Crippen LogP contribution in [-0.4, -0.2) is 6.10 Å². The van der Waals surface area contributed by atoms with Gasteiger partial charge in [-0.25, -0.2) is 0 Å². The second-order valence-corrected chi connectivity index (χ2v) is 6.53. The number of hydrogen-bond acceptors (Lipinski definition) is 4. The van der Waals surface area contributed by atoms with Gasteiger partial charge in [0.25, 0.3) is 0 Å². The van der Waals surface area contributed by atoms with Crippen LogP contribution in [0.5, 0.6) is 5.75 Å². The Morgan fingerprint density at radius 2 is 2.05 bits per heavy atom. The highest BCUT2D eigenvalue weighted by Gasteiger charge is 2.08. The number of rotatable bonds is 5. The number of nitrogen functional groups attached to an aromatic ring is 1. The van der Waals surface area contributed by atoms with Crippen LogP contribution in [-0.2, 0) is 6.54 Å². The molecule has 108 valence electrons. The van der Waals surface area contributed by atoms with Crippen molar-refractivity contribution in [1.29, 1.82) is 0 Å². The van der Waals surface area contributed by atoms with Gasteiger partial charge in [-0.3, -0.25) is 0 Å². The first-order chi connectivity index (χ1) is 9.47. The van der Waals surface area contributed by atoms with E-state index in [1.165, 1.54) is 15.3 Å². The Hall–Kier alpha value is -1.68. The molecule has 0 radical (unpaired) electrons. The molecule has 0 spiro atoms. The van der Waals surface area contributed by atoms with Crippen LogP contribution in [0.4, 0.5) is 11.4 Å². The monoisotopic (exact) mass is 290 g/mol. The van der Waals surface area contributed by atoms with Gasteiger partial charge < -0.3 is 15.8 Å². The zero-order valence-corrected chi connectivity index (χ0v) is 13.3. The standard InChI is InChI=1S/C16H22N2OS/c1-10(2)19-15-7-5-6-14(16(15)17)18-9-13-8-11(3)12(4)20-13/h5-8,10,18H,9,17H2,1-4H3. The highest BCUT2D eigenvalue weighted by atomic mass is 32.1. The van der Waals surface area contributed by atoms with Gasteiger partial charge in [0.05, 0.1) is 17.5 Å². The molecular weight excluding hydrogens is 268 g/mol. The number of ether oxygens (including phenoxy) is 1. The van der Waals surface area contributed by atoms with E-state index in [9.17, 15) is 0 Å². The first-order valence-electron chi connectivity index (χ1n) is 6.82. The molecule has 2 aromatic rings. The molecule has 4 heteroatoms. The molecule has 3 N–H and O–H groups in total. The summed E-state index contributed by atoms with van der Waals surface area (Å²) < 4.78 is 5.70. The van der Waals surface area contributed by atoms with E-state index in [0.717, 1.165) is 18.0 Å². The van der Waals surface area contributed by atoms with Crippen LogP contribution in [0.3, 0.4) is 0 Å². The molecule has 0 amide bonds. The van der Waals surface area contributed by atoms with E-state index in [1.807, 2.05) is 43.4 Å². The summed E-state index contributed by atoms with van der Waals surface area (Å²) in [5, 5.41) is 3.39. The molecule has 1 aromatic heterocycles. The fourth-order valence-electron chi connectivity index (χ4n) is 1.97. The summed E-state index contributed by atoms with van der Waals surface area (Å²) >= 11 is 1.82. The minimum Gasteiger partial charge on any atom is -0.489 e. The number of anilines is 2. The molecule has 0 unspecified atom stereocenters. The number of thiophene rings is 1. The van der Waals surface area contributed by atoms with Crippen LogP contribution in [0.1, 0.15) is 29.2 Å². The van der Waals surface area contributed by atoms with Gasteiger partial charge in [-0.05, 0) is 51.5 Å². The van der Waals surface area contributed by atoms with Crippen molar-refractivity contribution in [2.45, 2.75) is 40.3 Å². The number of hydrogen-bond donors (Lipinski definition) is 2. The summed E-state index contributed by atoms with van der Waals surface area (Å²) in [5.74, 6) is 0.739. The van der Waals surface area contributed by atoms with E-state index in [1.54, 1.807) is 0 Å². The number of para-hydroxylation sites is 1. The van der Waals surface area contributed by atoms with Crippen molar-refractivity contribution >= 4 is 22.7 Å². The third-order valence-electron chi connectivity index (χ3n) is 3.10. The molecule has 20 heavy (non-hydrogen) atoms. The van der Waals surface area contributed by atoms with Crippen molar-refractivity contribution < 1.29 is 4.74 Å². The van der Waals surface area contributed by atoms with E-state index in [-0.39, 0.29) is 6.10 Å². The van der Waals surface area contributed by atoms with Crippen LogP contribution in [0.2, 0.25) is 0 Å². The summed E-state index contributed by atoms with van der Waals surface area (Å²) in [7, 11) is 0. The SMILES string of the molecule is Cc1cc(CNc2cccc(OC(C)C)c2N)sc1C. The molecule has 0 aliphatic carbocycles. The van der Waals surface area contributed by atoms with E-state index in [2.05, 4.69) is 25.2 Å². The highest BCUT2D eigenvalue weighted by molar-refractivity contribution is 7.12. The van der Waals surface area contributed by atoms with Crippen molar-refractivity contribution in [2.24, 2.45) is 0 Å². The largest absolute Gasteiger partial charge is 0.489 e. The normalized spacial score (nSPS) is 10.8. The second-order valence-electron chi connectivity index (χ2n) is 5.19. The molecule has 1 aromatic carbocycles. The van der Waals surface area contributed by atoms with Crippen LogP contribution in [0, 0.1) is 13.8 Å². The Labute approximate surface area is 124 Å². The van der Waals surface area contributed by atoms with Gasteiger partial charge in [-0.15, -0.1) is 11.3 Å². The lowest BCUT2D eigenvalue weighted by molar-refractivity contribution is 0.244. The van der Waals surface area contributed by atoms with E-state index in [0.29, 0.717) is 5.69 Å². The first kappa shape index (κ1) is 14.7. The van der Waals surface area contributed by atoms with Gasteiger partial charge in [0.2, 0.25) is 0 Å². The molecular formula is C16H22N2OS. The van der Waals surface area contributed by atoms with E-state index < -0.39 is 0 Å². The fraction of sp³-hybridized carbons (Fsp3) is 0.375. The Bertz CT molecular complexity index is 571. The molecule has 0 aliphatic heterocycles. The summed E-state index contributed by atoms with van der Waals surface area (Å²) in [6.45, 7) is 9.07. The maximum absolute atomic E-state index is 6.15. The fourth-order valence-corrected chi connectivity index (χ4v) is 2.97. The van der Waals surface area contributed by atoms with Crippen molar-refractivity contribution in [3.63, 3.8) is 0 Å². The lowest BCUT2D eigenvalue weighted by Gasteiger charge is -2.15. The van der Waals surface area contributed by atoms with Gasteiger partial charge >= 0.3 is 0 Å². The Morgan fingerprint density at radius 1 is 1.30 bits per heavy atom. The second kappa shape index (κ2) is 6.18. The number of nitrogens with two attached hydrogens (primary N) is 1. The average Bonchev–Trinajstić information content (AvgIpc) is 2.69. The van der Waals surface area contributed by atoms with Crippen molar-refractivity contribution in [3.05, 3.63) is 39.6 Å². The summed E-state index contributed by atoms with van der Waals surface area (Å²) in [6, 6.07) is 8.06. The van der Waals surface area contributed by atoms with Crippen LogP contribution < -0.4 is 15.8 Å². The number of aryl methyl sites for hydroxylation is 2. The quantitative estimate of drug-likeness (QED) is 0.805. The van der Waals surface area contributed by atoms with Gasteiger partial charge in [-0.1, -0.05) is 6.07 Å². The average molecular weight is 290 g/mol. The lowest BCUT2D eigenvalue weighted by atomic mass is 10.2. The van der Waals surface area contributed by atoms with Crippen LogP contribution in [0.15, 0.2) is 24.3 Å². The molecule has 0 fully saturated rings. The van der Waals surface area contributed by atoms with Crippen LogP contribution in [0.25, 0.3) is 0 Å². The van der Waals surface area contributed by atoms with Gasteiger partial charge in [0, 0.05) is 16.3 Å². The van der Waals surface area contributed by atoms with Crippen molar-refractivity contribution in [3.8, 4) is 5.75 Å². The molecule has 0 atom stereocenters. The topological polar surface area (TPSA) is 47.3 Å². The minimum atomic E-state index is 0.121. The van der Waals surface area contributed by atoms with Gasteiger partial charge in [-0.2, -0.15) is 0 Å². The zero-order valence-electron chi connectivity index (χ0n) is 12.5. The molecule has 0 saturated carbocycles. The predicted octanol–water partition coefficient (Wildman–Crippen LogP) is 4.35. The molecule has 1 heterocycles. The summed E-state index contributed by atoms with van der Waals surface area (Å²) in [4.78, 5) is 2.68. The van der Waals surface area contributed by atoms with Crippen molar-refractivity contribution in [2.75, 3.05) is 11.1 Å².